The fourth-order valence-corrected chi connectivity index (χ4v) is 1.77. The average molecular weight is 270 g/mol. The van der Waals surface area contributed by atoms with Crippen molar-refractivity contribution < 1.29 is 9.53 Å². The van der Waals surface area contributed by atoms with Crippen molar-refractivity contribution in [2.24, 2.45) is 5.73 Å². The fourth-order valence-electron chi connectivity index (χ4n) is 1.77. The quantitative estimate of drug-likeness (QED) is 0.848. The minimum Gasteiger partial charge on any atom is -0.457 e. The van der Waals surface area contributed by atoms with E-state index in [1.807, 2.05) is 24.3 Å². The second-order valence-corrected chi connectivity index (χ2v) is 4.41. The molecular formula is C16H18N2O2. The van der Waals surface area contributed by atoms with Gasteiger partial charge in [0.05, 0.1) is 0 Å². The van der Waals surface area contributed by atoms with Crippen LogP contribution in [0.2, 0.25) is 0 Å². The zero-order chi connectivity index (χ0) is 14.4. The summed E-state index contributed by atoms with van der Waals surface area (Å²) >= 11 is 0. The maximum Gasteiger partial charge on any atom is 0.248 e. The summed E-state index contributed by atoms with van der Waals surface area (Å²) in [6.45, 7) is 3.88. The summed E-state index contributed by atoms with van der Waals surface area (Å²) in [5.74, 6) is 0.996. The highest BCUT2D eigenvalue weighted by Crippen LogP contribution is 2.22. The summed E-state index contributed by atoms with van der Waals surface area (Å²) in [7, 11) is 0. The highest BCUT2D eigenvalue weighted by atomic mass is 16.5. The summed E-state index contributed by atoms with van der Waals surface area (Å²) in [5.41, 5.74) is 6.87. The molecule has 4 heteroatoms. The predicted molar refractivity (Wildman–Crippen MR) is 78.9 cm³/mol. The molecule has 2 rings (SSSR count). The molecule has 104 valence electrons. The number of primary amides is 1. The molecule has 2 aromatic carbocycles. The van der Waals surface area contributed by atoms with E-state index in [2.05, 4.69) is 12.2 Å². The van der Waals surface area contributed by atoms with Gasteiger partial charge in [-0.3, -0.25) is 4.79 Å². The molecule has 0 aliphatic heterocycles. The Bertz CT molecular complexity index is 562. The van der Waals surface area contributed by atoms with E-state index < -0.39 is 5.91 Å². The molecule has 0 aromatic heterocycles. The molecule has 4 nitrogen and oxygen atoms in total. The molecule has 0 heterocycles. The Morgan fingerprint density at radius 2 is 1.60 bits per heavy atom. The summed E-state index contributed by atoms with van der Waals surface area (Å²) in [6, 6.07) is 14.7. The molecule has 0 radical (unpaired) electrons. The van der Waals surface area contributed by atoms with E-state index in [-0.39, 0.29) is 0 Å². The van der Waals surface area contributed by atoms with E-state index in [1.165, 1.54) is 5.56 Å². The van der Waals surface area contributed by atoms with Crippen molar-refractivity contribution in [1.82, 2.24) is 5.32 Å². The Kier molecular flexibility index (Phi) is 4.74. The van der Waals surface area contributed by atoms with Crippen molar-refractivity contribution >= 4 is 5.91 Å². The largest absolute Gasteiger partial charge is 0.457 e. The number of nitrogens with two attached hydrogens (primary N) is 1. The van der Waals surface area contributed by atoms with Gasteiger partial charge < -0.3 is 15.8 Å². The standard InChI is InChI=1S/C16H18N2O2/c1-2-18-11-12-3-7-14(8-4-12)20-15-9-5-13(6-10-15)16(17)19/h3-10,18H,2,11H2,1H3,(H2,17,19). The SMILES string of the molecule is CCNCc1ccc(Oc2ccc(C(N)=O)cc2)cc1. The Labute approximate surface area is 118 Å². The van der Waals surface area contributed by atoms with Gasteiger partial charge in [0.2, 0.25) is 5.91 Å². The van der Waals surface area contributed by atoms with E-state index in [1.54, 1.807) is 24.3 Å². The second-order valence-electron chi connectivity index (χ2n) is 4.41. The highest BCUT2D eigenvalue weighted by molar-refractivity contribution is 5.92. The van der Waals surface area contributed by atoms with Gasteiger partial charge in [-0.25, -0.2) is 0 Å². The second kappa shape index (κ2) is 6.73. The van der Waals surface area contributed by atoms with Crippen molar-refractivity contribution in [3.63, 3.8) is 0 Å². The normalized spacial score (nSPS) is 10.2. The van der Waals surface area contributed by atoms with Crippen LogP contribution >= 0.6 is 0 Å². The van der Waals surface area contributed by atoms with Crippen molar-refractivity contribution in [1.29, 1.82) is 0 Å². The van der Waals surface area contributed by atoms with E-state index in [0.29, 0.717) is 11.3 Å². The van der Waals surface area contributed by atoms with Crippen LogP contribution in [-0.4, -0.2) is 12.5 Å². The summed E-state index contributed by atoms with van der Waals surface area (Å²) < 4.78 is 5.70. The number of benzene rings is 2. The molecule has 1 amide bonds. The maximum atomic E-state index is 11.0. The van der Waals surface area contributed by atoms with Crippen molar-refractivity contribution in [2.45, 2.75) is 13.5 Å². The van der Waals surface area contributed by atoms with Gasteiger partial charge in [-0.1, -0.05) is 19.1 Å². The molecule has 0 atom stereocenters. The molecule has 0 bridgehead atoms. The first-order valence-corrected chi connectivity index (χ1v) is 6.56. The third kappa shape index (κ3) is 3.83. The molecular weight excluding hydrogens is 252 g/mol. The van der Waals surface area contributed by atoms with Crippen LogP contribution in [0.1, 0.15) is 22.8 Å². The molecule has 20 heavy (non-hydrogen) atoms. The van der Waals surface area contributed by atoms with Crippen LogP contribution in [0.3, 0.4) is 0 Å². The number of ether oxygens (including phenoxy) is 1. The first-order chi connectivity index (χ1) is 9.69. The summed E-state index contributed by atoms with van der Waals surface area (Å²) in [4.78, 5) is 11.0. The van der Waals surface area contributed by atoms with Gasteiger partial charge in [-0.05, 0) is 48.5 Å². The molecule has 3 N–H and O–H groups in total. The van der Waals surface area contributed by atoms with E-state index in [0.717, 1.165) is 18.8 Å². The number of amides is 1. The molecule has 0 fully saturated rings. The molecule has 2 aromatic rings. The van der Waals surface area contributed by atoms with Crippen molar-refractivity contribution in [3.05, 3.63) is 59.7 Å². The van der Waals surface area contributed by atoms with Crippen LogP contribution in [0.25, 0.3) is 0 Å². The number of nitrogens with one attached hydrogen (secondary N) is 1. The molecule has 0 spiro atoms. The minimum atomic E-state index is -0.440. The number of hydrogen-bond acceptors (Lipinski definition) is 3. The van der Waals surface area contributed by atoms with Crippen LogP contribution in [0.5, 0.6) is 11.5 Å². The zero-order valence-electron chi connectivity index (χ0n) is 11.4. The molecule has 0 unspecified atom stereocenters. The van der Waals surface area contributed by atoms with Crippen molar-refractivity contribution in [3.8, 4) is 11.5 Å². The Hall–Kier alpha value is -2.33. The van der Waals surface area contributed by atoms with Crippen LogP contribution in [0.15, 0.2) is 48.5 Å². The maximum absolute atomic E-state index is 11.0. The first kappa shape index (κ1) is 14.1. The average Bonchev–Trinajstić information content (AvgIpc) is 2.47. The highest BCUT2D eigenvalue weighted by Gasteiger charge is 2.01. The van der Waals surface area contributed by atoms with Gasteiger partial charge in [0, 0.05) is 12.1 Å². The first-order valence-electron chi connectivity index (χ1n) is 6.56. The van der Waals surface area contributed by atoms with Crippen LogP contribution in [0.4, 0.5) is 0 Å². The lowest BCUT2D eigenvalue weighted by Crippen LogP contribution is -2.11. The number of carbonyl (C=O) groups excluding carboxylic acids is 1. The van der Waals surface area contributed by atoms with Gasteiger partial charge in [-0.2, -0.15) is 0 Å². The van der Waals surface area contributed by atoms with Gasteiger partial charge in [0.15, 0.2) is 0 Å². The number of hydrogen-bond donors (Lipinski definition) is 2. The van der Waals surface area contributed by atoms with Gasteiger partial charge >= 0.3 is 0 Å². The smallest absolute Gasteiger partial charge is 0.248 e. The molecule has 0 aliphatic carbocycles. The third-order valence-electron chi connectivity index (χ3n) is 2.88. The Morgan fingerprint density at radius 1 is 1.05 bits per heavy atom. The summed E-state index contributed by atoms with van der Waals surface area (Å²) in [5, 5.41) is 3.27. The Balaban J connectivity index is 2.00. The fraction of sp³-hybridized carbons (Fsp3) is 0.188. The lowest BCUT2D eigenvalue weighted by molar-refractivity contribution is 0.100. The lowest BCUT2D eigenvalue weighted by atomic mass is 10.2. The zero-order valence-corrected chi connectivity index (χ0v) is 11.4. The van der Waals surface area contributed by atoms with E-state index in [9.17, 15) is 4.79 Å². The van der Waals surface area contributed by atoms with Gasteiger partial charge in [0.1, 0.15) is 11.5 Å². The molecule has 0 saturated carbocycles. The number of rotatable bonds is 6. The minimum absolute atomic E-state index is 0.440. The monoisotopic (exact) mass is 270 g/mol. The number of carbonyl (C=O) groups is 1. The Morgan fingerprint density at radius 3 is 2.10 bits per heavy atom. The topological polar surface area (TPSA) is 64.3 Å². The lowest BCUT2D eigenvalue weighted by Gasteiger charge is -2.07. The molecule has 0 saturated heterocycles. The van der Waals surface area contributed by atoms with Crippen LogP contribution in [0, 0.1) is 0 Å². The summed E-state index contributed by atoms with van der Waals surface area (Å²) in [6.07, 6.45) is 0. The van der Waals surface area contributed by atoms with Gasteiger partial charge in [-0.15, -0.1) is 0 Å². The van der Waals surface area contributed by atoms with Crippen molar-refractivity contribution in [2.75, 3.05) is 6.54 Å². The van der Waals surface area contributed by atoms with Crippen LogP contribution in [-0.2, 0) is 6.54 Å². The van der Waals surface area contributed by atoms with Gasteiger partial charge in [0.25, 0.3) is 0 Å². The van der Waals surface area contributed by atoms with E-state index in [4.69, 9.17) is 10.5 Å². The van der Waals surface area contributed by atoms with Crippen LogP contribution < -0.4 is 15.8 Å². The predicted octanol–water partition coefficient (Wildman–Crippen LogP) is 2.69. The molecule has 0 aliphatic rings. The third-order valence-corrected chi connectivity index (χ3v) is 2.88. The van der Waals surface area contributed by atoms with E-state index >= 15 is 0 Å².